The fourth-order valence-corrected chi connectivity index (χ4v) is 5.63. The minimum atomic E-state index is -3.41. The molecule has 3 aromatic rings. The molecule has 5 rings (SSSR count). The highest BCUT2D eigenvalue weighted by Gasteiger charge is 2.31. The zero-order valence-corrected chi connectivity index (χ0v) is 17.0. The van der Waals surface area contributed by atoms with Crippen molar-refractivity contribution in [2.45, 2.75) is 12.2 Å². The van der Waals surface area contributed by atoms with E-state index in [2.05, 4.69) is 22.8 Å². The third kappa shape index (κ3) is 3.15. The van der Waals surface area contributed by atoms with E-state index in [9.17, 15) is 8.42 Å². The van der Waals surface area contributed by atoms with Gasteiger partial charge in [0.2, 0.25) is 10.0 Å². The van der Waals surface area contributed by atoms with Gasteiger partial charge in [0.05, 0.1) is 16.6 Å². The first-order valence-corrected chi connectivity index (χ1v) is 11.3. The Morgan fingerprint density at radius 2 is 1.76 bits per heavy atom. The predicted molar refractivity (Wildman–Crippen MR) is 116 cm³/mol. The van der Waals surface area contributed by atoms with Gasteiger partial charge in [0, 0.05) is 31.6 Å². The molecule has 3 aromatic carbocycles. The van der Waals surface area contributed by atoms with E-state index >= 15 is 0 Å². The van der Waals surface area contributed by atoms with Gasteiger partial charge in [-0.2, -0.15) is 4.31 Å². The van der Waals surface area contributed by atoms with Crippen LogP contribution in [0.1, 0.15) is 17.7 Å². The summed E-state index contributed by atoms with van der Waals surface area (Å²) in [6.07, 6.45) is 0. The van der Waals surface area contributed by atoms with Crippen LogP contribution in [-0.4, -0.2) is 38.9 Å². The second-order valence-electron chi connectivity index (χ2n) is 7.48. The Morgan fingerprint density at radius 1 is 1.00 bits per heavy atom. The number of benzene rings is 3. The number of sulfonamides is 1. The Balaban J connectivity index is 1.49. The van der Waals surface area contributed by atoms with Crippen molar-refractivity contribution in [2.24, 2.45) is 0 Å². The molecule has 1 saturated heterocycles. The minimum absolute atomic E-state index is 0.512. The number of rotatable bonds is 3. The standard InChI is InChI=1S/C22H23N3O3S/c1-15(29(26,27)25-12-10-23-11-13-25)17-7-8-20-19(14-17)24-22-18-5-3-2-4-16(18)6-9-21(22)28-20/h2-9,14-15,23-24H,10-13H2,1H3. The monoisotopic (exact) mass is 409 g/mol. The molecule has 2 heterocycles. The molecule has 2 aliphatic rings. The van der Waals surface area contributed by atoms with Gasteiger partial charge in [0.25, 0.3) is 0 Å². The van der Waals surface area contributed by atoms with Crippen molar-refractivity contribution in [3.8, 4) is 11.5 Å². The Labute approximate surface area is 170 Å². The summed E-state index contributed by atoms with van der Waals surface area (Å²) >= 11 is 0. The molecule has 2 aliphatic heterocycles. The average molecular weight is 410 g/mol. The third-order valence-electron chi connectivity index (χ3n) is 5.73. The minimum Gasteiger partial charge on any atom is -0.453 e. The highest BCUT2D eigenvalue weighted by Crippen LogP contribution is 2.46. The number of ether oxygens (including phenoxy) is 1. The summed E-state index contributed by atoms with van der Waals surface area (Å²) in [5, 5.41) is 8.23. The van der Waals surface area contributed by atoms with E-state index in [-0.39, 0.29) is 0 Å². The maximum Gasteiger partial charge on any atom is 0.220 e. The van der Waals surface area contributed by atoms with E-state index in [0.29, 0.717) is 31.9 Å². The molecule has 0 radical (unpaired) electrons. The van der Waals surface area contributed by atoms with Crippen LogP contribution in [0.2, 0.25) is 0 Å². The Kier molecular flexibility index (Phi) is 4.46. The molecule has 1 atom stereocenters. The van der Waals surface area contributed by atoms with Gasteiger partial charge in [-0.25, -0.2) is 8.42 Å². The first-order valence-electron chi connectivity index (χ1n) is 9.84. The molecule has 0 aromatic heterocycles. The first-order chi connectivity index (χ1) is 14.0. The molecule has 1 unspecified atom stereocenters. The largest absolute Gasteiger partial charge is 0.453 e. The smallest absolute Gasteiger partial charge is 0.220 e. The molecule has 150 valence electrons. The number of fused-ring (bicyclic) bond motifs is 4. The summed E-state index contributed by atoms with van der Waals surface area (Å²) in [7, 11) is -3.41. The molecule has 1 fully saturated rings. The lowest BCUT2D eigenvalue weighted by Gasteiger charge is -2.30. The molecule has 0 amide bonds. The van der Waals surface area contributed by atoms with E-state index in [1.807, 2.05) is 42.5 Å². The fraction of sp³-hybridized carbons (Fsp3) is 0.273. The Hall–Kier alpha value is -2.61. The van der Waals surface area contributed by atoms with E-state index in [1.54, 1.807) is 11.2 Å². The lowest BCUT2D eigenvalue weighted by molar-refractivity contribution is 0.356. The van der Waals surface area contributed by atoms with Crippen molar-refractivity contribution >= 4 is 32.2 Å². The van der Waals surface area contributed by atoms with Crippen molar-refractivity contribution in [1.29, 1.82) is 0 Å². The molecule has 0 spiro atoms. The summed E-state index contributed by atoms with van der Waals surface area (Å²) in [6.45, 7) is 4.16. The maximum absolute atomic E-state index is 13.1. The Morgan fingerprint density at radius 3 is 2.59 bits per heavy atom. The number of hydrogen-bond acceptors (Lipinski definition) is 5. The van der Waals surface area contributed by atoms with Crippen molar-refractivity contribution in [3.05, 3.63) is 60.2 Å². The van der Waals surface area contributed by atoms with Crippen LogP contribution >= 0.6 is 0 Å². The first kappa shape index (κ1) is 18.4. The van der Waals surface area contributed by atoms with E-state index < -0.39 is 15.3 Å². The molecule has 0 saturated carbocycles. The van der Waals surface area contributed by atoms with Crippen molar-refractivity contribution < 1.29 is 13.2 Å². The predicted octanol–water partition coefficient (Wildman–Crippen LogP) is 3.99. The molecule has 0 bridgehead atoms. The van der Waals surface area contributed by atoms with Crippen LogP contribution in [0, 0.1) is 0 Å². The number of piperazine rings is 1. The number of nitrogens with zero attached hydrogens (tertiary/aromatic N) is 1. The zero-order valence-electron chi connectivity index (χ0n) is 16.2. The second-order valence-corrected chi connectivity index (χ2v) is 9.73. The van der Waals surface area contributed by atoms with Gasteiger partial charge in [0.15, 0.2) is 11.5 Å². The van der Waals surface area contributed by atoms with Crippen LogP contribution in [-0.2, 0) is 10.0 Å². The highest BCUT2D eigenvalue weighted by molar-refractivity contribution is 7.89. The van der Waals surface area contributed by atoms with Gasteiger partial charge >= 0.3 is 0 Å². The topological polar surface area (TPSA) is 70.7 Å². The van der Waals surface area contributed by atoms with Gasteiger partial charge in [-0.05, 0) is 36.1 Å². The van der Waals surface area contributed by atoms with Gasteiger partial charge in [0.1, 0.15) is 0 Å². The lowest BCUT2D eigenvalue weighted by atomic mass is 10.1. The van der Waals surface area contributed by atoms with Gasteiger partial charge < -0.3 is 15.4 Å². The molecule has 6 nitrogen and oxygen atoms in total. The highest BCUT2D eigenvalue weighted by atomic mass is 32.2. The van der Waals surface area contributed by atoms with E-state index in [0.717, 1.165) is 33.5 Å². The molecular formula is C22H23N3O3S. The summed E-state index contributed by atoms with van der Waals surface area (Å²) < 4.78 is 33.8. The number of hydrogen-bond donors (Lipinski definition) is 2. The quantitative estimate of drug-likeness (QED) is 0.536. The summed E-state index contributed by atoms with van der Waals surface area (Å²) in [6, 6.07) is 17.7. The average Bonchev–Trinajstić information content (AvgIpc) is 2.77. The molecular weight excluding hydrogens is 386 g/mol. The van der Waals surface area contributed by atoms with Crippen LogP contribution in [0.3, 0.4) is 0 Å². The number of anilines is 2. The third-order valence-corrected chi connectivity index (χ3v) is 7.98. The lowest BCUT2D eigenvalue weighted by Crippen LogP contribution is -2.47. The second kappa shape index (κ2) is 7.02. The molecule has 2 N–H and O–H groups in total. The van der Waals surface area contributed by atoms with Crippen molar-refractivity contribution in [2.75, 3.05) is 31.5 Å². The van der Waals surface area contributed by atoms with E-state index in [1.165, 1.54) is 0 Å². The zero-order chi connectivity index (χ0) is 20.0. The summed E-state index contributed by atoms with van der Waals surface area (Å²) in [5.74, 6) is 1.47. The Bertz CT molecular complexity index is 1190. The molecule has 0 aliphatic carbocycles. The fourth-order valence-electron chi connectivity index (χ4n) is 4.00. The molecule has 29 heavy (non-hydrogen) atoms. The molecule has 7 heteroatoms. The van der Waals surface area contributed by atoms with Crippen molar-refractivity contribution in [1.82, 2.24) is 9.62 Å². The van der Waals surface area contributed by atoms with Gasteiger partial charge in [-0.15, -0.1) is 0 Å². The van der Waals surface area contributed by atoms with Crippen LogP contribution < -0.4 is 15.4 Å². The van der Waals surface area contributed by atoms with Crippen molar-refractivity contribution in [3.63, 3.8) is 0 Å². The van der Waals surface area contributed by atoms with E-state index in [4.69, 9.17) is 4.74 Å². The van der Waals surface area contributed by atoms with Crippen LogP contribution in [0.15, 0.2) is 54.6 Å². The number of nitrogens with one attached hydrogen (secondary N) is 2. The SMILES string of the molecule is CC(c1ccc2c(c1)Nc1c(ccc3ccccc13)O2)S(=O)(=O)N1CCNCC1. The summed E-state index contributed by atoms with van der Waals surface area (Å²) in [4.78, 5) is 0. The van der Waals surface area contributed by atoms with Crippen LogP contribution in [0.5, 0.6) is 11.5 Å². The van der Waals surface area contributed by atoms with Gasteiger partial charge in [-0.1, -0.05) is 36.4 Å². The van der Waals surface area contributed by atoms with Crippen LogP contribution in [0.4, 0.5) is 11.4 Å². The normalized spacial score (nSPS) is 17.7. The van der Waals surface area contributed by atoms with Gasteiger partial charge in [-0.3, -0.25) is 0 Å². The van der Waals surface area contributed by atoms with Crippen LogP contribution in [0.25, 0.3) is 10.8 Å². The maximum atomic E-state index is 13.1. The summed E-state index contributed by atoms with van der Waals surface area (Å²) in [5.41, 5.74) is 2.45.